The van der Waals surface area contributed by atoms with Gasteiger partial charge in [-0.15, -0.1) is 0 Å². The molecule has 0 amide bonds. The van der Waals surface area contributed by atoms with E-state index in [1.165, 1.54) is 0 Å². The summed E-state index contributed by atoms with van der Waals surface area (Å²) in [5, 5.41) is 7.70. The Morgan fingerprint density at radius 1 is 1.28 bits per heavy atom. The van der Waals surface area contributed by atoms with Crippen molar-refractivity contribution in [2.75, 3.05) is 0 Å². The molecule has 0 radical (unpaired) electrons. The monoisotopic (exact) mass is 241 g/mol. The van der Waals surface area contributed by atoms with Crippen molar-refractivity contribution in [1.82, 2.24) is 5.43 Å². The third kappa shape index (κ3) is 2.02. The maximum atomic E-state index is 11.9. The number of benzene rings is 1. The number of nitrogens with one attached hydrogen (secondary N) is 1. The summed E-state index contributed by atoms with van der Waals surface area (Å²) in [6, 6.07) is 8.93. The minimum atomic E-state index is -0.371. The summed E-state index contributed by atoms with van der Waals surface area (Å²) in [6.07, 6.45) is 5.35. The molecule has 0 saturated heterocycles. The van der Waals surface area contributed by atoms with Crippen molar-refractivity contribution < 1.29 is 9.53 Å². The standard InChI is InChI=1S/C13H11N3O2/c17-13(18-10-4-2-1-3-5-10)9-6-7-11-12(8-9)15-16-14-11/h1-8,11-12H,(H,14,15). The summed E-state index contributed by atoms with van der Waals surface area (Å²) < 4.78 is 5.25. The van der Waals surface area contributed by atoms with E-state index in [0.29, 0.717) is 11.3 Å². The number of nitrogens with zero attached hydrogens (tertiary/aromatic N) is 2. The Morgan fingerprint density at radius 2 is 2.11 bits per heavy atom. The zero-order valence-electron chi connectivity index (χ0n) is 9.48. The van der Waals surface area contributed by atoms with Gasteiger partial charge in [-0.25, -0.2) is 4.79 Å². The Balaban J connectivity index is 1.72. The highest BCUT2D eigenvalue weighted by atomic mass is 16.5. The Labute approximate surface area is 104 Å². The molecule has 3 rings (SSSR count). The maximum Gasteiger partial charge on any atom is 0.343 e. The number of para-hydroxylation sites is 1. The average Bonchev–Trinajstić information content (AvgIpc) is 2.87. The molecule has 90 valence electrons. The molecule has 0 spiro atoms. The SMILES string of the molecule is O=C(Oc1ccccc1)C1=CC2NN=NC2C=C1. The van der Waals surface area contributed by atoms with Crippen LogP contribution in [0.2, 0.25) is 0 Å². The van der Waals surface area contributed by atoms with Crippen molar-refractivity contribution in [3.05, 3.63) is 54.1 Å². The van der Waals surface area contributed by atoms with Crippen LogP contribution in [0.5, 0.6) is 5.75 Å². The van der Waals surface area contributed by atoms with Crippen LogP contribution < -0.4 is 10.2 Å². The molecule has 0 saturated carbocycles. The smallest absolute Gasteiger partial charge is 0.343 e. The van der Waals surface area contributed by atoms with Crippen LogP contribution in [0.4, 0.5) is 0 Å². The molecule has 1 aliphatic heterocycles. The van der Waals surface area contributed by atoms with Crippen molar-refractivity contribution in [3.63, 3.8) is 0 Å². The number of esters is 1. The number of rotatable bonds is 2. The Morgan fingerprint density at radius 3 is 2.94 bits per heavy atom. The number of hydrogen-bond acceptors (Lipinski definition) is 5. The third-order valence-corrected chi connectivity index (χ3v) is 2.79. The van der Waals surface area contributed by atoms with Crippen LogP contribution in [0, 0.1) is 0 Å². The summed E-state index contributed by atoms with van der Waals surface area (Å²) in [7, 11) is 0. The highest BCUT2D eigenvalue weighted by Crippen LogP contribution is 2.20. The summed E-state index contributed by atoms with van der Waals surface area (Å²) >= 11 is 0. The lowest BCUT2D eigenvalue weighted by Gasteiger charge is -2.15. The molecule has 5 nitrogen and oxygen atoms in total. The zero-order valence-corrected chi connectivity index (χ0v) is 9.48. The molecule has 2 aliphatic rings. The van der Waals surface area contributed by atoms with Gasteiger partial charge >= 0.3 is 5.97 Å². The van der Waals surface area contributed by atoms with E-state index < -0.39 is 0 Å². The predicted octanol–water partition coefficient (Wildman–Crippen LogP) is 1.80. The lowest BCUT2D eigenvalue weighted by Crippen LogP contribution is -2.30. The summed E-state index contributed by atoms with van der Waals surface area (Å²) in [6.45, 7) is 0. The molecule has 1 heterocycles. The Hall–Kier alpha value is -2.43. The van der Waals surface area contributed by atoms with Crippen LogP contribution in [-0.4, -0.2) is 18.1 Å². The zero-order chi connectivity index (χ0) is 12.4. The average molecular weight is 241 g/mol. The number of hydrogen-bond donors (Lipinski definition) is 1. The van der Waals surface area contributed by atoms with E-state index in [2.05, 4.69) is 15.8 Å². The second kappa shape index (κ2) is 4.44. The van der Waals surface area contributed by atoms with Gasteiger partial charge in [-0.3, -0.25) is 5.43 Å². The molecule has 5 heteroatoms. The maximum absolute atomic E-state index is 11.9. The molecule has 1 aromatic rings. The van der Waals surface area contributed by atoms with Gasteiger partial charge in [0, 0.05) is 0 Å². The fourth-order valence-electron chi connectivity index (χ4n) is 1.85. The molecule has 2 unspecified atom stereocenters. The van der Waals surface area contributed by atoms with Crippen molar-refractivity contribution >= 4 is 5.97 Å². The van der Waals surface area contributed by atoms with Crippen LogP contribution >= 0.6 is 0 Å². The number of ether oxygens (including phenoxy) is 1. The molecule has 1 N–H and O–H groups in total. The van der Waals surface area contributed by atoms with Crippen molar-refractivity contribution in [3.8, 4) is 5.75 Å². The van der Waals surface area contributed by atoms with Crippen LogP contribution in [0.15, 0.2) is 64.5 Å². The Kier molecular flexibility index (Phi) is 2.64. The number of fused-ring (bicyclic) bond motifs is 1. The first-order valence-corrected chi connectivity index (χ1v) is 5.65. The molecule has 18 heavy (non-hydrogen) atoms. The van der Waals surface area contributed by atoms with Crippen molar-refractivity contribution in [1.29, 1.82) is 0 Å². The predicted molar refractivity (Wildman–Crippen MR) is 64.9 cm³/mol. The molecule has 1 aromatic carbocycles. The quantitative estimate of drug-likeness (QED) is 0.634. The van der Waals surface area contributed by atoms with Gasteiger partial charge in [-0.2, -0.15) is 5.11 Å². The second-order valence-electron chi connectivity index (χ2n) is 4.04. The van der Waals surface area contributed by atoms with Crippen LogP contribution in [0.25, 0.3) is 0 Å². The highest BCUT2D eigenvalue weighted by molar-refractivity contribution is 5.93. The van der Waals surface area contributed by atoms with E-state index >= 15 is 0 Å². The molecule has 0 fully saturated rings. The van der Waals surface area contributed by atoms with Gasteiger partial charge < -0.3 is 4.74 Å². The van der Waals surface area contributed by atoms with E-state index in [1.54, 1.807) is 24.3 Å². The third-order valence-electron chi connectivity index (χ3n) is 2.79. The normalized spacial score (nSPS) is 24.1. The van der Waals surface area contributed by atoms with Gasteiger partial charge in [0.05, 0.1) is 11.6 Å². The van der Waals surface area contributed by atoms with E-state index in [1.807, 2.05) is 24.3 Å². The molecular weight excluding hydrogens is 230 g/mol. The second-order valence-corrected chi connectivity index (χ2v) is 4.04. The summed E-state index contributed by atoms with van der Waals surface area (Å²) in [4.78, 5) is 11.9. The largest absolute Gasteiger partial charge is 0.423 e. The van der Waals surface area contributed by atoms with Crippen LogP contribution in [0.3, 0.4) is 0 Å². The van der Waals surface area contributed by atoms with Gasteiger partial charge in [-0.05, 0) is 24.3 Å². The topological polar surface area (TPSA) is 63.0 Å². The first kappa shape index (κ1) is 10.7. The molecular formula is C13H11N3O2. The van der Waals surface area contributed by atoms with Crippen molar-refractivity contribution in [2.24, 2.45) is 10.3 Å². The van der Waals surface area contributed by atoms with Gasteiger partial charge in [-0.1, -0.05) is 29.5 Å². The fourth-order valence-corrected chi connectivity index (χ4v) is 1.85. The van der Waals surface area contributed by atoms with E-state index in [-0.39, 0.29) is 18.1 Å². The van der Waals surface area contributed by atoms with Gasteiger partial charge in [0.25, 0.3) is 0 Å². The molecule has 0 aromatic heterocycles. The van der Waals surface area contributed by atoms with Gasteiger partial charge in [0.15, 0.2) is 0 Å². The van der Waals surface area contributed by atoms with E-state index in [9.17, 15) is 4.79 Å². The van der Waals surface area contributed by atoms with Gasteiger partial charge in [0.1, 0.15) is 11.8 Å². The number of carbonyl (C=O) groups excluding carboxylic acids is 1. The number of carbonyl (C=O) groups is 1. The lowest BCUT2D eigenvalue weighted by atomic mass is 9.99. The lowest BCUT2D eigenvalue weighted by molar-refractivity contribution is -0.129. The molecule has 2 atom stereocenters. The first-order chi connectivity index (χ1) is 8.83. The minimum absolute atomic E-state index is 0.0155. The summed E-state index contributed by atoms with van der Waals surface area (Å²) in [5.74, 6) is 0.164. The van der Waals surface area contributed by atoms with Crippen LogP contribution in [0.1, 0.15) is 0 Å². The van der Waals surface area contributed by atoms with E-state index in [0.717, 1.165) is 0 Å². The van der Waals surface area contributed by atoms with Gasteiger partial charge in [0.2, 0.25) is 0 Å². The van der Waals surface area contributed by atoms with Crippen molar-refractivity contribution in [2.45, 2.75) is 12.1 Å². The highest BCUT2D eigenvalue weighted by Gasteiger charge is 2.26. The Bertz CT molecular complexity index is 549. The first-order valence-electron chi connectivity index (χ1n) is 5.65. The fraction of sp³-hybridized carbons (Fsp3) is 0.154. The molecule has 0 bridgehead atoms. The summed E-state index contributed by atoms with van der Waals surface area (Å²) in [5.41, 5.74) is 3.34. The molecule has 1 aliphatic carbocycles. The minimum Gasteiger partial charge on any atom is -0.423 e. The van der Waals surface area contributed by atoms with E-state index in [4.69, 9.17) is 4.74 Å². The van der Waals surface area contributed by atoms with Crippen LogP contribution in [-0.2, 0) is 4.79 Å².